The van der Waals surface area contributed by atoms with Gasteiger partial charge in [-0.1, -0.05) is 14.2 Å². The molecule has 0 aliphatic rings. The lowest BCUT2D eigenvalue weighted by Crippen LogP contribution is -2.56. The lowest BCUT2D eigenvalue weighted by molar-refractivity contribution is 0.0299. The summed E-state index contributed by atoms with van der Waals surface area (Å²) in [6.07, 6.45) is 0. The number of nitrogens with zero attached hydrogens (tertiary/aromatic N) is 3. The van der Waals surface area contributed by atoms with Gasteiger partial charge in [-0.05, 0) is 0 Å². The van der Waals surface area contributed by atoms with Crippen LogP contribution in [0.1, 0.15) is 0 Å². The second-order valence-corrected chi connectivity index (χ2v) is 2.11. The molecule has 0 amide bonds. The third-order valence-corrected chi connectivity index (χ3v) is 1.42. The highest BCUT2D eigenvalue weighted by Gasteiger charge is 2.14. The second kappa shape index (κ2) is 3.28. The van der Waals surface area contributed by atoms with Gasteiger partial charge in [0.1, 0.15) is 14.2 Å². The molecule has 0 radical (unpaired) electrons. The van der Waals surface area contributed by atoms with Crippen LogP contribution in [0.15, 0.2) is 14.4 Å². The molecule has 1 aromatic rings. The van der Waals surface area contributed by atoms with Crippen LogP contribution < -0.4 is 26.7 Å². The van der Waals surface area contributed by atoms with Crippen LogP contribution >= 0.6 is 0 Å². The van der Waals surface area contributed by atoms with E-state index in [-0.39, 0.29) is 14.2 Å². The average Bonchev–Trinajstić information content (AvgIpc) is 2.16. The molecule has 0 aliphatic carbocycles. The Morgan fingerprint density at radius 2 is 1.29 bits per heavy atom. The van der Waals surface area contributed by atoms with Gasteiger partial charge in [0, 0.05) is 0 Å². The van der Waals surface area contributed by atoms with Gasteiger partial charge in [-0.2, -0.15) is 0 Å². The SMILES string of the molecule is COn1c(=O)n(O)c(=O)n(OC)c1=O. The molecular formula is C5H7N3O6. The first kappa shape index (κ1) is 9.89. The summed E-state index contributed by atoms with van der Waals surface area (Å²) in [5.41, 5.74) is -3.76. The second-order valence-electron chi connectivity index (χ2n) is 2.11. The summed E-state index contributed by atoms with van der Waals surface area (Å²) in [5.74, 6) is 0. The van der Waals surface area contributed by atoms with Crippen molar-refractivity contribution in [3.05, 3.63) is 31.5 Å². The summed E-state index contributed by atoms with van der Waals surface area (Å²) in [5, 5.41) is 8.91. The molecular weight excluding hydrogens is 198 g/mol. The molecule has 78 valence electrons. The van der Waals surface area contributed by atoms with Crippen molar-refractivity contribution < 1.29 is 14.9 Å². The Hall–Kier alpha value is -2.19. The maximum Gasteiger partial charge on any atom is 0.403 e. The Morgan fingerprint density at radius 3 is 1.57 bits per heavy atom. The van der Waals surface area contributed by atoms with E-state index in [4.69, 9.17) is 5.21 Å². The van der Waals surface area contributed by atoms with Crippen molar-refractivity contribution in [2.75, 3.05) is 14.2 Å². The molecule has 14 heavy (non-hydrogen) atoms. The summed E-state index contributed by atoms with van der Waals surface area (Å²) in [7, 11) is 2.04. The number of hydrogen-bond donors (Lipinski definition) is 1. The van der Waals surface area contributed by atoms with Crippen LogP contribution in [0.25, 0.3) is 0 Å². The van der Waals surface area contributed by atoms with Crippen molar-refractivity contribution in [3.63, 3.8) is 0 Å². The van der Waals surface area contributed by atoms with Gasteiger partial charge in [0.2, 0.25) is 0 Å². The van der Waals surface area contributed by atoms with E-state index in [1.807, 2.05) is 0 Å². The molecule has 1 N–H and O–H groups in total. The van der Waals surface area contributed by atoms with E-state index in [0.29, 0.717) is 0 Å². The Balaban J connectivity index is 3.84. The monoisotopic (exact) mass is 205 g/mol. The van der Waals surface area contributed by atoms with Crippen molar-refractivity contribution in [1.82, 2.24) is 14.2 Å². The van der Waals surface area contributed by atoms with Crippen LogP contribution in [0, 0.1) is 0 Å². The lowest BCUT2D eigenvalue weighted by atomic mass is 11.0. The van der Waals surface area contributed by atoms with Crippen molar-refractivity contribution in [2.45, 2.75) is 0 Å². The van der Waals surface area contributed by atoms with Crippen LogP contribution in [0.3, 0.4) is 0 Å². The first-order valence-corrected chi connectivity index (χ1v) is 3.34. The van der Waals surface area contributed by atoms with Gasteiger partial charge >= 0.3 is 17.1 Å². The molecule has 1 heterocycles. The zero-order valence-corrected chi connectivity index (χ0v) is 7.33. The maximum atomic E-state index is 11.2. The molecule has 9 nitrogen and oxygen atoms in total. The van der Waals surface area contributed by atoms with Gasteiger partial charge in [-0.25, -0.2) is 14.4 Å². The Kier molecular flexibility index (Phi) is 2.32. The predicted molar refractivity (Wildman–Crippen MR) is 41.4 cm³/mol. The smallest absolute Gasteiger partial charge is 0.403 e. The van der Waals surface area contributed by atoms with E-state index in [9.17, 15) is 14.4 Å². The fourth-order valence-electron chi connectivity index (χ4n) is 0.812. The molecule has 0 unspecified atom stereocenters. The van der Waals surface area contributed by atoms with Crippen molar-refractivity contribution in [3.8, 4) is 0 Å². The standard InChI is InChI=1S/C5H7N3O6/c1-13-7-3(9)6(12)4(10)8(14-2)5(7)11/h12H,1-2H3. The van der Waals surface area contributed by atoms with E-state index < -0.39 is 17.1 Å². The zero-order chi connectivity index (χ0) is 10.9. The fraction of sp³-hybridized carbons (Fsp3) is 0.400. The molecule has 1 aromatic heterocycles. The summed E-state index contributed by atoms with van der Waals surface area (Å²) >= 11 is 0. The fourth-order valence-corrected chi connectivity index (χ4v) is 0.812. The highest BCUT2D eigenvalue weighted by Crippen LogP contribution is 1.61. The topological polar surface area (TPSA) is 105 Å². The van der Waals surface area contributed by atoms with Crippen LogP contribution in [0.5, 0.6) is 0 Å². The summed E-state index contributed by atoms with van der Waals surface area (Å²) in [6.45, 7) is 0. The quantitative estimate of drug-likeness (QED) is 0.503. The van der Waals surface area contributed by atoms with Gasteiger partial charge in [0.05, 0.1) is 0 Å². The van der Waals surface area contributed by atoms with E-state index in [1.54, 1.807) is 0 Å². The van der Waals surface area contributed by atoms with Gasteiger partial charge in [0.25, 0.3) is 0 Å². The molecule has 0 atom stereocenters. The molecule has 0 saturated heterocycles. The third-order valence-electron chi connectivity index (χ3n) is 1.42. The van der Waals surface area contributed by atoms with Crippen molar-refractivity contribution in [2.24, 2.45) is 0 Å². The minimum atomic E-state index is -1.31. The first-order valence-electron chi connectivity index (χ1n) is 3.34. The van der Waals surface area contributed by atoms with Gasteiger partial charge < -0.3 is 14.9 Å². The Morgan fingerprint density at radius 1 is 0.929 bits per heavy atom. The van der Waals surface area contributed by atoms with E-state index in [1.165, 1.54) is 0 Å². The highest BCUT2D eigenvalue weighted by atomic mass is 16.7. The highest BCUT2D eigenvalue weighted by molar-refractivity contribution is 4.69. The predicted octanol–water partition coefficient (Wildman–Crippen LogP) is -3.47. The minimum Gasteiger partial charge on any atom is -0.420 e. The van der Waals surface area contributed by atoms with Crippen LogP contribution in [-0.2, 0) is 0 Å². The summed E-state index contributed by atoms with van der Waals surface area (Å²) in [6, 6.07) is 0. The molecule has 1 rings (SSSR count). The molecule has 0 aromatic carbocycles. The van der Waals surface area contributed by atoms with Crippen molar-refractivity contribution >= 4 is 0 Å². The van der Waals surface area contributed by atoms with E-state index in [0.717, 1.165) is 14.2 Å². The van der Waals surface area contributed by atoms with Crippen LogP contribution in [0.4, 0.5) is 0 Å². The summed E-state index contributed by atoms with van der Waals surface area (Å²) in [4.78, 5) is 41.8. The van der Waals surface area contributed by atoms with Gasteiger partial charge in [-0.3, -0.25) is 0 Å². The van der Waals surface area contributed by atoms with E-state index in [2.05, 4.69) is 9.68 Å². The van der Waals surface area contributed by atoms with Crippen LogP contribution in [-0.4, -0.2) is 33.6 Å². The third kappa shape index (κ3) is 1.14. The van der Waals surface area contributed by atoms with Gasteiger partial charge in [0.15, 0.2) is 0 Å². The minimum absolute atomic E-state index is 0.158. The average molecular weight is 205 g/mol. The molecule has 0 aliphatic heterocycles. The largest absolute Gasteiger partial charge is 0.420 e. The lowest BCUT2D eigenvalue weighted by Gasteiger charge is -2.06. The number of rotatable bonds is 2. The maximum absolute atomic E-state index is 11.2. The molecule has 0 bridgehead atoms. The summed E-state index contributed by atoms with van der Waals surface area (Å²) < 4.78 is 0.00417. The molecule has 0 saturated carbocycles. The Labute approximate surface area is 75.8 Å². The molecule has 0 fully saturated rings. The first-order chi connectivity index (χ1) is 6.54. The normalized spacial score (nSPS) is 9.86. The molecule has 0 spiro atoms. The van der Waals surface area contributed by atoms with Crippen molar-refractivity contribution in [1.29, 1.82) is 0 Å². The van der Waals surface area contributed by atoms with Gasteiger partial charge in [-0.15, -0.1) is 0 Å². The Bertz CT molecular complexity index is 465. The van der Waals surface area contributed by atoms with Crippen LogP contribution in [0.2, 0.25) is 0 Å². The zero-order valence-electron chi connectivity index (χ0n) is 7.33. The number of aromatic nitrogens is 3. The number of hydrogen-bond acceptors (Lipinski definition) is 6. The molecule has 9 heteroatoms. The van der Waals surface area contributed by atoms with E-state index >= 15 is 0 Å².